The summed E-state index contributed by atoms with van der Waals surface area (Å²) in [6.07, 6.45) is 4.96. The van der Waals surface area contributed by atoms with Crippen molar-refractivity contribution >= 4 is 5.91 Å². The van der Waals surface area contributed by atoms with Gasteiger partial charge in [0.2, 0.25) is 5.91 Å². The van der Waals surface area contributed by atoms with Gasteiger partial charge in [-0.05, 0) is 62.3 Å². The maximum absolute atomic E-state index is 12.8. The lowest BCUT2D eigenvalue weighted by Crippen LogP contribution is -2.27. The lowest BCUT2D eigenvalue weighted by molar-refractivity contribution is -0.117. The molecule has 0 aliphatic heterocycles. The topological polar surface area (TPSA) is 38.3 Å². The van der Waals surface area contributed by atoms with E-state index in [0.717, 1.165) is 49.0 Å². The number of aryl methyl sites for hydroxylation is 1. The summed E-state index contributed by atoms with van der Waals surface area (Å²) in [7, 11) is 1.68. The molecule has 0 fully saturated rings. The molecule has 136 valence electrons. The quantitative estimate of drug-likeness (QED) is 0.818. The Kier molecular flexibility index (Phi) is 6.11. The molecule has 0 unspecified atom stereocenters. The summed E-state index contributed by atoms with van der Waals surface area (Å²) in [5.41, 5.74) is 5.81. The van der Waals surface area contributed by atoms with Crippen LogP contribution < -0.4 is 10.1 Å². The predicted octanol–water partition coefficient (Wildman–Crippen LogP) is 4.73. The largest absolute Gasteiger partial charge is 0.497 e. The highest BCUT2D eigenvalue weighted by atomic mass is 16.5. The zero-order valence-electron chi connectivity index (χ0n) is 15.7. The Morgan fingerprint density at radius 3 is 2.58 bits per heavy atom. The van der Waals surface area contributed by atoms with Gasteiger partial charge in [-0.25, -0.2) is 0 Å². The fourth-order valence-corrected chi connectivity index (χ4v) is 3.46. The molecule has 0 saturated carbocycles. The zero-order valence-corrected chi connectivity index (χ0v) is 15.7. The molecule has 26 heavy (non-hydrogen) atoms. The summed E-state index contributed by atoms with van der Waals surface area (Å²) in [6.45, 7) is 2.65. The van der Waals surface area contributed by atoms with Crippen LogP contribution >= 0.6 is 0 Å². The molecule has 0 bridgehead atoms. The van der Waals surface area contributed by atoms with Crippen LogP contribution in [0.4, 0.5) is 0 Å². The van der Waals surface area contributed by atoms with E-state index in [1.165, 1.54) is 16.7 Å². The average molecular weight is 349 g/mol. The van der Waals surface area contributed by atoms with E-state index < -0.39 is 0 Å². The van der Waals surface area contributed by atoms with Gasteiger partial charge in [-0.3, -0.25) is 4.79 Å². The molecule has 0 saturated heterocycles. The van der Waals surface area contributed by atoms with Crippen molar-refractivity contribution in [3.05, 3.63) is 76.4 Å². The van der Waals surface area contributed by atoms with E-state index in [0.29, 0.717) is 6.54 Å². The van der Waals surface area contributed by atoms with Gasteiger partial charge in [0.25, 0.3) is 0 Å². The molecule has 0 heterocycles. The van der Waals surface area contributed by atoms with Gasteiger partial charge in [-0.1, -0.05) is 47.5 Å². The number of amides is 1. The van der Waals surface area contributed by atoms with Crippen molar-refractivity contribution in [1.29, 1.82) is 0 Å². The number of methoxy groups -OCH3 is 1. The summed E-state index contributed by atoms with van der Waals surface area (Å²) in [6, 6.07) is 16.4. The molecule has 1 amide bonds. The molecule has 1 N–H and O–H groups in total. The normalized spacial score (nSPS) is 14.2. The fraction of sp³-hybridized carbons (Fsp3) is 0.348. The predicted molar refractivity (Wildman–Crippen MR) is 105 cm³/mol. The number of ether oxygens (including phenoxy) is 1. The van der Waals surface area contributed by atoms with E-state index in [1.807, 2.05) is 12.1 Å². The third kappa shape index (κ3) is 4.75. The van der Waals surface area contributed by atoms with Gasteiger partial charge in [0.1, 0.15) is 5.75 Å². The molecule has 1 aliphatic carbocycles. The third-order valence-electron chi connectivity index (χ3n) is 4.98. The third-order valence-corrected chi connectivity index (χ3v) is 4.98. The van der Waals surface area contributed by atoms with Crippen LogP contribution in [-0.4, -0.2) is 13.0 Å². The van der Waals surface area contributed by atoms with E-state index in [1.54, 1.807) is 7.11 Å². The zero-order chi connectivity index (χ0) is 18.4. The van der Waals surface area contributed by atoms with E-state index in [2.05, 4.69) is 48.6 Å². The molecule has 2 aromatic rings. The van der Waals surface area contributed by atoms with Crippen molar-refractivity contribution in [3.8, 4) is 5.75 Å². The van der Waals surface area contributed by atoms with Gasteiger partial charge in [-0.2, -0.15) is 0 Å². The first-order valence-electron chi connectivity index (χ1n) is 9.33. The summed E-state index contributed by atoms with van der Waals surface area (Å²) in [5, 5.41) is 3.10. The molecule has 1 aliphatic rings. The number of rotatable bonds is 6. The lowest BCUT2D eigenvalue weighted by atomic mass is 9.87. The highest BCUT2D eigenvalue weighted by Gasteiger charge is 2.19. The molecule has 0 atom stereocenters. The SMILES string of the molecule is COc1cccc(CC2=C(C(=O)NCc3ccc(C)cc3)CCCC2)c1. The highest BCUT2D eigenvalue weighted by Crippen LogP contribution is 2.28. The van der Waals surface area contributed by atoms with Gasteiger partial charge in [-0.15, -0.1) is 0 Å². The Balaban J connectivity index is 1.71. The number of hydrogen-bond donors (Lipinski definition) is 1. The smallest absolute Gasteiger partial charge is 0.247 e. The monoisotopic (exact) mass is 349 g/mol. The Morgan fingerprint density at radius 2 is 1.81 bits per heavy atom. The van der Waals surface area contributed by atoms with Crippen LogP contribution in [0.3, 0.4) is 0 Å². The summed E-state index contributed by atoms with van der Waals surface area (Å²) >= 11 is 0. The number of hydrogen-bond acceptors (Lipinski definition) is 2. The highest BCUT2D eigenvalue weighted by molar-refractivity contribution is 5.94. The summed E-state index contributed by atoms with van der Waals surface area (Å²) in [4.78, 5) is 12.8. The number of nitrogens with one attached hydrogen (secondary N) is 1. The van der Waals surface area contributed by atoms with E-state index in [-0.39, 0.29) is 5.91 Å². The van der Waals surface area contributed by atoms with E-state index in [4.69, 9.17) is 4.74 Å². The molecule has 0 spiro atoms. The summed E-state index contributed by atoms with van der Waals surface area (Å²) in [5.74, 6) is 0.951. The second kappa shape index (κ2) is 8.70. The molecule has 0 radical (unpaired) electrons. The average Bonchev–Trinajstić information content (AvgIpc) is 2.68. The Labute approximate surface area is 156 Å². The maximum Gasteiger partial charge on any atom is 0.247 e. The van der Waals surface area contributed by atoms with Crippen molar-refractivity contribution in [2.24, 2.45) is 0 Å². The molecule has 3 rings (SSSR count). The Hall–Kier alpha value is -2.55. The van der Waals surface area contributed by atoms with Crippen LogP contribution in [0, 0.1) is 6.92 Å². The van der Waals surface area contributed by atoms with E-state index >= 15 is 0 Å². The first kappa shape index (κ1) is 18.2. The van der Waals surface area contributed by atoms with Crippen molar-refractivity contribution in [2.45, 2.75) is 45.6 Å². The minimum Gasteiger partial charge on any atom is -0.497 e. The van der Waals surface area contributed by atoms with Crippen molar-refractivity contribution in [1.82, 2.24) is 5.32 Å². The number of carbonyl (C=O) groups excluding carboxylic acids is 1. The number of carbonyl (C=O) groups is 1. The van der Waals surface area contributed by atoms with Crippen molar-refractivity contribution in [2.75, 3.05) is 7.11 Å². The number of benzene rings is 2. The first-order chi connectivity index (χ1) is 12.7. The van der Waals surface area contributed by atoms with Crippen LogP contribution in [0.2, 0.25) is 0 Å². The minimum absolute atomic E-state index is 0.0863. The number of allylic oxidation sites excluding steroid dienone is 1. The Bertz CT molecular complexity index is 790. The second-order valence-corrected chi connectivity index (χ2v) is 6.99. The van der Waals surface area contributed by atoms with Crippen molar-refractivity contribution in [3.63, 3.8) is 0 Å². The molecule has 2 aromatic carbocycles. The molecule has 3 heteroatoms. The van der Waals surface area contributed by atoms with Crippen LogP contribution in [0.25, 0.3) is 0 Å². The minimum atomic E-state index is 0.0863. The standard InChI is InChI=1S/C23H27NO2/c1-17-10-12-18(13-11-17)16-24-23(25)22-9-4-3-7-20(22)14-19-6-5-8-21(15-19)26-2/h5-6,8,10-13,15H,3-4,7,9,14,16H2,1-2H3,(H,24,25). The van der Waals surface area contributed by atoms with Crippen LogP contribution in [0.1, 0.15) is 42.4 Å². The molecule has 0 aromatic heterocycles. The van der Waals surface area contributed by atoms with Crippen molar-refractivity contribution < 1.29 is 9.53 Å². The van der Waals surface area contributed by atoms with Gasteiger partial charge in [0.15, 0.2) is 0 Å². The van der Waals surface area contributed by atoms with Gasteiger partial charge >= 0.3 is 0 Å². The Morgan fingerprint density at radius 1 is 1.04 bits per heavy atom. The second-order valence-electron chi connectivity index (χ2n) is 6.99. The fourth-order valence-electron chi connectivity index (χ4n) is 3.46. The summed E-state index contributed by atoms with van der Waals surface area (Å²) < 4.78 is 5.32. The van der Waals surface area contributed by atoms with Crippen LogP contribution in [-0.2, 0) is 17.8 Å². The first-order valence-corrected chi connectivity index (χ1v) is 9.33. The molecular weight excluding hydrogens is 322 g/mol. The van der Waals surface area contributed by atoms with E-state index in [9.17, 15) is 4.79 Å². The van der Waals surface area contributed by atoms with Crippen LogP contribution in [0.15, 0.2) is 59.7 Å². The van der Waals surface area contributed by atoms with Gasteiger partial charge in [0, 0.05) is 12.1 Å². The van der Waals surface area contributed by atoms with Gasteiger partial charge in [0.05, 0.1) is 7.11 Å². The molecule has 3 nitrogen and oxygen atoms in total. The maximum atomic E-state index is 12.8. The molecular formula is C23H27NO2. The van der Waals surface area contributed by atoms with Crippen LogP contribution in [0.5, 0.6) is 5.75 Å². The van der Waals surface area contributed by atoms with Gasteiger partial charge < -0.3 is 10.1 Å². The lowest BCUT2D eigenvalue weighted by Gasteiger charge is -2.20.